The molecule has 0 fully saturated rings. The molecule has 1 rings (SSSR count). The van der Waals surface area contributed by atoms with Crippen LogP contribution >= 0.6 is 15.9 Å². The molecular weight excluding hydrogens is 262 g/mol. The number of nitro benzene ring substituents is 1. The Morgan fingerprint density at radius 3 is 2.53 bits per heavy atom. The molecule has 0 saturated carbocycles. The second-order valence-electron chi connectivity index (χ2n) is 3.12. The van der Waals surface area contributed by atoms with Crippen LogP contribution in [0.25, 0.3) is 0 Å². The molecule has 4 nitrogen and oxygen atoms in total. The maximum Gasteiger partial charge on any atom is 0.271 e. The molecule has 0 radical (unpaired) electrons. The fourth-order valence-corrected chi connectivity index (χ4v) is 2.13. The first kappa shape index (κ1) is 11.8. The third-order valence-electron chi connectivity index (χ3n) is 2.12. The summed E-state index contributed by atoms with van der Waals surface area (Å²) in [5, 5.41) is 10.6. The van der Waals surface area contributed by atoms with E-state index in [9.17, 15) is 14.9 Å². The number of Topliss-reactive ketones (excluding diaryl/α,β-unsaturated/α-hetero) is 1. The van der Waals surface area contributed by atoms with Crippen LogP contribution in [0.3, 0.4) is 0 Å². The van der Waals surface area contributed by atoms with Gasteiger partial charge in [-0.25, -0.2) is 0 Å². The smallest absolute Gasteiger partial charge is 0.271 e. The summed E-state index contributed by atoms with van der Waals surface area (Å²) in [4.78, 5) is 21.4. The molecule has 0 aliphatic carbocycles. The van der Waals surface area contributed by atoms with Gasteiger partial charge in [-0.15, -0.1) is 0 Å². The van der Waals surface area contributed by atoms with Gasteiger partial charge in [0.15, 0.2) is 5.78 Å². The normalized spacial score (nSPS) is 10.1. The van der Waals surface area contributed by atoms with Crippen molar-refractivity contribution in [3.05, 3.63) is 37.8 Å². The van der Waals surface area contributed by atoms with E-state index in [-0.39, 0.29) is 11.5 Å². The standard InChI is InChI=1S/C10H10BrNO3/c1-3-8-9(6(2)13)4-7(12(14)15)5-10(8)11/h4-5H,3H2,1-2H3. The third kappa shape index (κ3) is 2.41. The molecule has 0 aromatic heterocycles. The summed E-state index contributed by atoms with van der Waals surface area (Å²) in [7, 11) is 0. The van der Waals surface area contributed by atoms with E-state index in [1.165, 1.54) is 19.1 Å². The number of carbonyl (C=O) groups is 1. The highest BCUT2D eigenvalue weighted by molar-refractivity contribution is 9.10. The zero-order chi connectivity index (χ0) is 11.6. The Morgan fingerprint density at radius 2 is 2.13 bits per heavy atom. The van der Waals surface area contributed by atoms with Crippen LogP contribution in [0.15, 0.2) is 16.6 Å². The van der Waals surface area contributed by atoms with Crippen LogP contribution in [0.2, 0.25) is 0 Å². The largest absolute Gasteiger partial charge is 0.294 e. The molecule has 1 aromatic carbocycles. The molecule has 15 heavy (non-hydrogen) atoms. The molecule has 0 saturated heterocycles. The van der Waals surface area contributed by atoms with Crippen LogP contribution in [0, 0.1) is 10.1 Å². The number of carbonyl (C=O) groups excluding carboxylic acids is 1. The van der Waals surface area contributed by atoms with Crippen LogP contribution in [-0.2, 0) is 6.42 Å². The fraction of sp³-hybridized carbons (Fsp3) is 0.300. The Morgan fingerprint density at radius 1 is 1.53 bits per heavy atom. The summed E-state index contributed by atoms with van der Waals surface area (Å²) in [5.74, 6) is -0.156. The van der Waals surface area contributed by atoms with Crippen LogP contribution in [-0.4, -0.2) is 10.7 Å². The number of hydrogen-bond acceptors (Lipinski definition) is 3. The zero-order valence-corrected chi connectivity index (χ0v) is 10.00. The molecule has 0 bridgehead atoms. The summed E-state index contributed by atoms with van der Waals surface area (Å²) >= 11 is 3.24. The molecule has 0 aliphatic rings. The van der Waals surface area contributed by atoms with Crippen LogP contribution < -0.4 is 0 Å². The first-order valence-electron chi connectivity index (χ1n) is 4.45. The molecular formula is C10H10BrNO3. The molecule has 0 amide bonds. The van der Waals surface area contributed by atoms with Gasteiger partial charge >= 0.3 is 0 Å². The summed E-state index contributed by atoms with van der Waals surface area (Å²) in [6.07, 6.45) is 0.660. The summed E-state index contributed by atoms with van der Waals surface area (Å²) in [6.45, 7) is 3.31. The zero-order valence-electron chi connectivity index (χ0n) is 8.41. The summed E-state index contributed by atoms with van der Waals surface area (Å²) in [6, 6.07) is 2.75. The van der Waals surface area contributed by atoms with Gasteiger partial charge < -0.3 is 0 Å². The molecule has 0 aliphatic heterocycles. The first-order chi connectivity index (χ1) is 6.97. The van der Waals surface area contributed by atoms with Gasteiger partial charge in [-0.2, -0.15) is 0 Å². The Labute approximate surface area is 95.6 Å². The number of halogens is 1. The molecule has 1 aromatic rings. The fourth-order valence-electron chi connectivity index (χ4n) is 1.40. The predicted molar refractivity (Wildman–Crippen MR) is 60.2 cm³/mol. The van der Waals surface area contributed by atoms with E-state index in [0.29, 0.717) is 16.5 Å². The number of hydrogen-bond donors (Lipinski definition) is 0. The van der Waals surface area contributed by atoms with Gasteiger partial charge in [0, 0.05) is 22.2 Å². The maximum atomic E-state index is 11.3. The monoisotopic (exact) mass is 271 g/mol. The van der Waals surface area contributed by atoms with Crippen molar-refractivity contribution >= 4 is 27.4 Å². The quantitative estimate of drug-likeness (QED) is 0.482. The molecule has 5 heteroatoms. The first-order valence-corrected chi connectivity index (χ1v) is 5.24. The number of benzene rings is 1. The molecule has 0 heterocycles. The van der Waals surface area contributed by atoms with Crippen LogP contribution in [0.1, 0.15) is 29.8 Å². The lowest BCUT2D eigenvalue weighted by atomic mass is 10.0. The highest BCUT2D eigenvalue weighted by atomic mass is 79.9. The van der Waals surface area contributed by atoms with Gasteiger partial charge in [0.2, 0.25) is 0 Å². The highest BCUT2D eigenvalue weighted by Gasteiger charge is 2.16. The van der Waals surface area contributed by atoms with Crippen LogP contribution in [0.5, 0.6) is 0 Å². The number of rotatable bonds is 3. The molecule has 0 N–H and O–H groups in total. The minimum atomic E-state index is -0.503. The van der Waals surface area contributed by atoms with E-state index in [2.05, 4.69) is 15.9 Å². The van der Waals surface area contributed by atoms with Crippen molar-refractivity contribution in [3.8, 4) is 0 Å². The lowest BCUT2D eigenvalue weighted by Gasteiger charge is -2.06. The Balaban J connectivity index is 3.45. The predicted octanol–water partition coefficient (Wildman–Crippen LogP) is 3.12. The minimum Gasteiger partial charge on any atom is -0.294 e. The molecule has 0 unspecified atom stereocenters. The van der Waals surface area contributed by atoms with Crippen molar-refractivity contribution in [2.45, 2.75) is 20.3 Å². The number of non-ortho nitro benzene ring substituents is 1. The Bertz CT molecular complexity index is 429. The Kier molecular flexibility index (Phi) is 3.57. The molecule has 0 atom stereocenters. The topological polar surface area (TPSA) is 60.2 Å². The van der Waals surface area contributed by atoms with Gasteiger partial charge in [-0.05, 0) is 18.9 Å². The van der Waals surface area contributed by atoms with E-state index < -0.39 is 4.92 Å². The van der Waals surface area contributed by atoms with Gasteiger partial charge in [0.1, 0.15) is 0 Å². The van der Waals surface area contributed by atoms with Crippen molar-refractivity contribution in [3.63, 3.8) is 0 Å². The van der Waals surface area contributed by atoms with E-state index in [1.807, 2.05) is 6.92 Å². The SMILES string of the molecule is CCc1c(Br)cc([N+](=O)[O-])cc1C(C)=O. The maximum absolute atomic E-state index is 11.3. The van der Waals surface area contributed by atoms with Gasteiger partial charge in [0.25, 0.3) is 5.69 Å². The second kappa shape index (κ2) is 4.53. The number of nitrogens with zero attached hydrogens (tertiary/aromatic N) is 1. The van der Waals surface area contributed by atoms with Crippen LogP contribution in [0.4, 0.5) is 5.69 Å². The van der Waals surface area contributed by atoms with Crippen molar-refractivity contribution < 1.29 is 9.72 Å². The van der Waals surface area contributed by atoms with Gasteiger partial charge in [-0.1, -0.05) is 22.9 Å². The van der Waals surface area contributed by atoms with Gasteiger partial charge in [0.05, 0.1) is 4.92 Å². The summed E-state index contributed by atoms with van der Waals surface area (Å²) in [5.41, 5.74) is 1.16. The van der Waals surface area contributed by atoms with Crippen molar-refractivity contribution in [2.24, 2.45) is 0 Å². The lowest BCUT2D eigenvalue weighted by molar-refractivity contribution is -0.385. The van der Waals surface area contributed by atoms with Gasteiger partial charge in [-0.3, -0.25) is 14.9 Å². The second-order valence-corrected chi connectivity index (χ2v) is 3.97. The van der Waals surface area contributed by atoms with Crippen molar-refractivity contribution in [1.82, 2.24) is 0 Å². The van der Waals surface area contributed by atoms with E-state index >= 15 is 0 Å². The minimum absolute atomic E-state index is 0.0655. The third-order valence-corrected chi connectivity index (χ3v) is 2.83. The summed E-state index contributed by atoms with van der Waals surface area (Å²) < 4.78 is 0.615. The van der Waals surface area contributed by atoms with E-state index in [4.69, 9.17) is 0 Å². The Hall–Kier alpha value is -1.23. The van der Waals surface area contributed by atoms with E-state index in [1.54, 1.807) is 0 Å². The molecule has 0 spiro atoms. The lowest BCUT2D eigenvalue weighted by Crippen LogP contribution is -2.02. The van der Waals surface area contributed by atoms with Crippen molar-refractivity contribution in [1.29, 1.82) is 0 Å². The average molecular weight is 272 g/mol. The number of ketones is 1. The highest BCUT2D eigenvalue weighted by Crippen LogP contribution is 2.27. The molecule has 80 valence electrons. The number of nitro groups is 1. The van der Waals surface area contributed by atoms with E-state index in [0.717, 1.165) is 5.56 Å². The average Bonchev–Trinajstić information content (AvgIpc) is 2.16. The van der Waals surface area contributed by atoms with Crippen molar-refractivity contribution in [2.75, 3.05) is 0 Å².